The Bertz CT molecular complexity index is 652. The Hall–Kier alpha value is -1.88. The van der Waals surface area contributed by atoms with E-state index in [1.54, 1.807) is 23.2 Å². The second-order valence-corrected chi connectivity index (χ2v) is 6.20. The largest absolute Gasteiger partial charge is 0.486 e. The van der Waals surface area contributed by atoms with Crippen LogP contribution in [0.25, 0.3) is 0 Å². The Morgan fingerprint density at radius 1 is 1.36 bits per heavy atom. The standard InChI is InChI=1S/C17H22N2O2S/c1-5-19(14(4)20)9-15-11-22-17(18-15)10-21-16-8-6-7-12(2)13(16)3/h6-8,11H,5,9-10H2,1-4H3. The summed E-state index contributed by atoms with van der Waals surface area (Å²) in [7, 11) is 0. The van der Waals surface area contributed by atoms with Gasteiger partial charge in [0.25, 0.3) is 0 Å². The van der Waals surface area contributed by atoms with Crippen LogP contribution in [0.3, 0.4) is 0 Å². The minimum absolute atomic E-state index is 0.0729. The number of hydrogen-bond donors (Lipinski definition) is 0. The average Bonchev–Trinajstić information content (AvgIpc) is 2.93. The van der Waals surface area contributed by atoms with Crippen LogP contribution in [0.2, 0.25) is 0 Å². The monoisotopic (exact) mass is 318 g/mol. The van der Waals surface area contributed by atoms with Crippen LogP contribution in [0.5, 0.6) is 5.75 Å². The lowest BCUT2D eigenvalue weighted by atomic mass is 10.1. The molecule has 2 rings (SSSR count). The number of aromatic nitrogens is 1. The number of ether oxygens (including phenoxy) is 1. The van der Waals surface area contributed by atoms with Crippen molar-refractivity contribution in [2.24, 2.45) is 0 Å². The molecule has 0 saturated carbocycles. The molecule has 0 spiro atoms. The number of carbonyl (C=O) groups is 1. The van der Waals surface area contributed by atoms with E-state index in [0.717, 1.165) is 22.0 Å². The number of nitrogens with zero attached hydrogens (tertiary/aromatic N) is 2. The number of carbonyl (C=O) groups excluding carboxylic acids is 1. The van der Waals surface area contributed by atoms with Crippen molar-refractivity contribution in [3.8, 4) is 5.75 Å². The third-order valence-electron chi connectivity index (χ3n) is 3.69. The van der Waals surface area contributed by atoms with Gasteiger partial charge >= 0.3 is 0 Å². The summed E-state index contributed by atoms with van der Waals surface area (Å²) in [6.45, 7) is 9.40. The lowest BCUT2D eigenvalue weighted by Gasteiger charge is -2.17. The van der Waals surface area contributed by atoms with Gasteiger partial charge in [-0.1, -0.05) is 12.1 Å². The number of rotatable bonds is 6. The number of aryl methyl sites for hydroxylation is 1. The van der Waals surface area contributed by atoms with E-state index in [0.29, 0.717) is 19.7 Å². The van der Waals surface area contributed by atoms with E-state index in [1.807, 2.05) is 24.4 Å². The fraction of sp³-hybridized carbons (Fsp3) is 0.412. The summed E-state index contributed by atoms with van der Waals surface area (Å²) < 4.78 is 5.86. The second-order valence-electron chi connectivity index (χ2n) is 5.25. The third kappa shape index (κ3) is 4.07. The highest BCUT2D eigenvalue weighted by Gasteiger charge is 2.10. The molecule has 1 aromatic carbocycles. The Morgan fingerprint density at radius 3 is 2.82 bits per heavy atom. The summed E-state index contributed by atoms with van der Waals surface area (Å²) in [5.41, 5.74) is 3.30. The molecule has 0 bridgehead atoms. The first-order valence-corrected chi connectivity index (χ1v) is 8.27. The molecule has 0 unspecified atom stereocenters. The van der Waals surface area contributed by atoms with Crippen molar-refractivity contribution in [2.75, 3.05) is 6.54 Å². The Labute approximate surface area is 135 Å². The Balaban J connectivity index is 1.97. The minimum Gasteiger partial charge on any atom is -0.486 e. The lowest BCUT2D eigenvalue weighted by Crippen LogP contribution is -2.27. The molecular weight excluding hydrogens is 296 g/mol. The zero-order valence-corrected chi connectivity index (χ0v) is 14.4. The molecule has 0 aliphatic heterocycles. The fourth-order valence-corrected chi connectivity index (χ4v) is 2.85. The maximum atomic E-state index is 11.4. The van der Waals surface area contributed by atoms with Crippen LogP contribution >= 0.6 is 11.3 Å². The molecule has 0 aliphatic carbocycles. The highest BCUT2D eigenvalue weighted by molar-refractivity contribution is 7.09. The van der Waals surface area contributed by atoms with Gasteiger partial charge in [0.1, 0.15) is 17.4 Å². The average molecular weight is 318 g/mol. The third-order valence-corrected chi connectivity index (χ3v) is 4.56. The van der Waals surface area contributed by atoms with Crippen LogP contribution in [0.4, 0.5) is 0 Å². The van der Waals surface area contributed by atoms with Gasteiger partial charge in [0.05, 0.1) is 12.2 Å². The molecule has 22 heavy (non-hydrogen) atoms. The maximum Gasteiger partial charge on any atom is 0.219 e. The smallest absolute Gasteiger partial charge is 0.219 e. The van der Waals surface area contributed by atoms with Gasteiger partial charge in [-0.15, -0.1) is 11.3 Å². The van der Waals surface area contributed by atoms with Crippen LogP contribution in [0.15, 0.2) is 23.6 Å². The molecule has 0 atom stereocenters. The zero-order chi connectivity index (χ0) is 16.1. The van der Waals surface area contributed by atoms with Crippen molar-refractivity contribution < 1.29 is 9.53 Å². The van der Waals surface area contributed by atoms with Gasteiger partial charge in [0.15, 0.2) is 0 Å². The molecule has 1 amide bonds. The van der Waals surface area contributed by atoms with Gasteiger partial charge in [-0.3, -0.25) is 4.79 Å². The van der Waals surface area contributed by atoms with Crippen LogP contribution in [-0.2, 0) is 17.9 Å². The first-order chi connectivity index (χ1) is 10.5. The molecule has 0 radical (unpaired) electrons. The minimum atomic E-state index is 0.0729. The first kappa shape index (κ1) is 16.5. The van der Waals surface area contributed by atoms with E-state index >= 15 is 0 Å². The highest BCUT2D eigenvalue weighted by Crippen LogP contribution is 2.22. The van der Waals surface area contributed by atoms with Crippen molar-refractivity contribution in [3.05, 3.63) is 45.4 Å². The molecular formula is C17H22N2O2S. The quantitative estimate of drug-likeness (QED) is 0.815. The number of amides is 1. The SMILES string of the molecule is CCN(Cc1csc(COc2cccc(C)c2C)n1)C(C)=O. The van der Waals surface area contributed by atoms with E-state index in [-0.39, 0.29) is 5.91 Å². The summed E-state index contributed by atoms with van der Waals surface area (Å²) >= 11 is 1.57. The molecule has 1 aromatic heterocycles. The van der Waals surface area contributed by atoms with Gasteiger partial charge in [-0.2, -0.15) is 0 Å². The number of benzene rings is 1. The van der Waals surface area contributed by atoms with Gasteiger partial charge in [-0.25, -0.2) is 4.98 Å². The van der Waals surface area contributed by atoms with Gasteiger partial charge < -0.3 is 9.64 Å². The lowest BCUT2D eigenvalue weighted by molar-refractivity contribution is -0.129. The van der Waals surface area contributed by atoms with Crippen molar-refractivity contribution in [3.63, 3.8) is 0 Å². The Morgan fingerprint density at radius 2 is 2.14 bits per heavy atom. The van der Waals surface area contributed by atoms with Crippen molar-refractivity contribution >= 4 is 17.2 Å². The number of thiazole rings is 1. The zero-order valence-electron chi connectivity index (χ0n) is 13.5. The molecule has 0 N–H and O–H groups in total. The van der Waals surface area contributed by atoms with E-state index < -0.39 is 0 Å². The van der Waals surface area contributed by atoms with Crippen LogP contribution in [-0.4, -0.2) is 22.3 Å². The molecule has 1 heterocycles. The van der Waals surface area contributed by atoms with Gasteiger partial charge in [0, 0.05) is 18.8 Å². The van der Waals surface area contributed by atoms with Crippen LogP contribution < -0.4 is 4.74 Å². The first-order valence-electron chi connectivity index (χ1n) is 7.39. The van der Waals surface area contributed by atoms with Crippen molar-refractivity contribution in [2.45, 2.75) is 40.8 Å². The van der Waals surface area contributed by atoms with E-state index in [1.165, 1.54) is 5.56 Å². The van der Waals surface area contributed by atoms with Gasteiger partial charge in [-0.05, 0) is 38.0 Å². The van der Waals surface area contributed by atoms with E-state index in [9.17, 15) is 4.79 Å². The summed E-state index contributed by atoms with van der Waals surface area (Å²) in [5, 5.41) is 2.92. The Kier molecular flexibility index (Phi) is 5.55. The second kappa shape index (κ2) is 7.40. The fourth-order valence-electron chi connectivity index (χ4n) is 2.15. The number of hydrogen-bond acceptors (Lipinski definition) is 4. The summed E-state index contributed by atoms with van der Waals surface area (Å²) in [6.07, 6.45) is 0. The highest BCUT2D eigenvalue weighted by atomic mass is 32.1. The molecule has 0 fully saturated rings. The van der Waals surface area contributed by atoms with E-state index in [4.69, 9.17) is 4.74 Å². The molecule has 0 saturated heterocycles. The van der Waals surface area contributed by atoms with Crippen LogP contribution in [0, 0.1) is 13.8 Å². The molecule has 2 aromatic rings. The normalized spacial score (nSPS) is 10.5. The summed E-state index contributed by atoms with van der Waals surface area (Å²) in [5.74, 6) is 0.972. The molecule has 0 aliphatic rings. The maximum absolute atomic E-state index is 11.4. The molecule has 5 heteroatoms. The topological polar surface area (TPSA) is 42.4 Å². The predicted molar refractivity (Wildman–Crippen MR) is 89.1 cm³/mol. The predicted octanol–water partition coefficient (Wildman–Crippen LogP) is 3.71. The summed E-state index contributed by atoms with van der Waals surface area (Å²) in [4.78, 5) is 17.8. The summed E-state index contributed by atoms with van der Waals surface area (Å²) in [6, 6.07) is 6.05. The molecule has 4 nitrogen and oxygen atoms in total. The van der Waals surface area contributed by atoms with Crippen molar-refractivity contribution in [1.29, 1.82) is 0 Å². The molecule has 118 valence electrons. The van der Waals surface area contributed by atoms with Gasteiger partial charge in [0.2, 0.25) is 5.91 Å². The van der Waals surface area contributed by atoms with Crippen LogP contribution in [0.1, 0.15) is 35.7 Å². The van der Waals surface area contributed by atoms with E-state index in [2.05, 4.69) is 24.9 Å². The van der Waals surface area contributed by atoms with Crippen molar-refractivity contribution in [1.82, 2.24) is 9.88 Å².